The summed E-state index contributed by atoms with van der Waals surface area (Å²) in [6.45, 7) is 6.35. The van der Waals surface area contributed by atoms with Gasteiger partial charge < -0.3 is 14.2 Å². The van der Waals surface area contributed by atoms with Crippen LogP contribution in [0, 0.1) is 0 Å². The summed E-state index contributed by atoms with van der Waals surface area (Å²) in [6.07, 6.45) is 55.9. The number of unbranched alkanes of at least 4 members (excludes halogenated alkanes) is 14. The Labute approximate surface area is 344 Å². The molecule has 6 nitrogen and oxygen atoms in total. The fourth-order valence-corrected chi connectivity index (χ4v) is 5.72. The first-order valence-corrected chi connectivity index (χ1v) is 22.6. The minimum atomic E-state index is -0.822. The Kier molecular flexibility index (Phi) is 41.6. The van der Waals surface area contributed by atoms with Crippen LogP contribution in [-0.2, 0) is 28.6 Å². The Hall–Kier alpha value is -3.41. The third kappa shape index (κ3) is 41.7. The van der Waals surface area contributed by atoms with Crippen LogP contribution in [-0.4, -0.2) is 37.2 Å². The summed E-state index contributed by atoms with van der Waals surface area (Å²) in [7, 11) is 0. The molecule has 0 aliphatic heterocycles. The SMILES string of the molecule is CC/C=C\C/C=C\C/C=C\C/C=C\C/C=C\CCC(=O)OCC(COC(=O)CCC/C=C\CCCCCC)OC(=O)CCCCC/C=C\CCCCCCCC. The smallest absolute Gasteiger partial charge is 0.306 e. The summed E-state index contributed by atoms with van der Waals surface area (Å²) in [5.41, 5.74) is 0. The fourth-order valence-electron chi connectivity index (χ4n) is 5.72. The van der Waals surface area contributed by atoms with Crippen molar-refractivity contribution in [2.24, 2.45) is 0 Å². The van der Waals surface area contributed by atoms with E-state index >= 15 is 0 Å². The van der Waals surface area contributed by atoms with Crippen molar-refractivity contribution in [2.45, 2.75) is 200 Å². The van der Waals surface area contributed by atoms with Crippen molar-refractivity contribution in [2.75, 3.05) is 13.2 Å². The van der Waals surface area contributed by atoms with E-state index in [4.69, 9.17) is 14.2 Å². The number of carbonyl (C=O) groups is 3. The Morgan fingerprint density at radius 1 is 0.375 bits per heavy atom. The number of hydrogen-bond acceptors (Lipinski definition) is 6. The van der Waals surface area contributed by atoms with Gasteiger partial charge in [0.15, 0.2) is 6.10 Å². The first kappa shape index (κ1) is 52.6. The molecular formula is C50H82O6. The molecule has 318 valence electrons. The maximum atomic E-state index is 12.7. The van der Waals surface area contributed by atoms with Crippen LogP contribution < -0.4 is 0 Å². The van der Waals surface area contributed by atoms with Gasteiger partial charge in [-0.05, 0) is 96.3 Å². The number of hydrogen-bond donors (Lipinski definition) is 0. The number of ether oxygens (including phenoxy) is 3. The van der Waals surface area contributed by atoms with Gasteiger partial charge >= 0.3 is 17.9 Å². The molecule has 0 bridgehead atoms. The van der Waals surface area contributed by atoms with E-state index in [0.29, 0.717) is 19.3 Å². The fraction of sp³-hybridized carbons (Fsp3) is 0.660. The lowest BCUT2D eigenvalue weighted by Gasteiger charge is -2.18. The normalized spacial score (nSPS) is 12.8. The monoisotopic (exact) mass is 779 g/mol. The van der Waals surface area contributed by atoms with Crippen molar-refractivity contribution in [3.05, 3.63) is 85.1 Å². The number of allylic oxidation sites excluding steroid dienone is 14. The van der Waals surface area contributed by atoms with Crippen molar-refractivity contribution < 1.29 is 28.6 Å². The van der Waals surface area contributed by atoms with E-state index in [1.807, 2.05) is 12.2 Å². The highest BCUT2D eigenvalue weighted by Gasteiger charge is 2.19. The molecule has 0 aliphatic carbocycles. The van der Waals surface area contributed by atoms with Crippen LogP contribution in [0.3, 0.4) is 0 Å². The van der Waals surface area contributed by atoms with Crippen molar-refractivity contribution in [1.29, 1.82) is 0 Å². The van der Waals surface area contributed by atoms with Crippen LogP contribution in [0.1, 0.15) is 194 Å². The summed E-state index contributed by atoms with van der Waals surface area (Å²) < 4.78 is 16.6. The summed E-state index contributed by atoms with van der Waals surface area (Å²) in [5.74, 6) is -1.07. The van der Waals surface area contributed by atoms with E-state index in [-0.39, 0.29) is 44.0 Å². The molecule has 1 unspecified atom stereocenters. The molecule has 0 aliphatic rings. The summed E-state index contributed by atoms with van der Waals surface area (Å²) in [4.78, 5) is 37.6. The zero-order chi connectivity index (χ0) is 40.8. The molecule has 0 aromatic heterocycles. The van der Waals surface area contributed by atoms with Gasteiger partial charge in [0.1, 0.15) is 13.2 Å². The molecule has 0 rings (SSSR count). The Morgan fingerprint density at radius 2 is 0.750 bits per heavy atom. The van der Waals surface area contributed by atoms with E-state index in [1.165, 1.54) is 64.2 Å². The molecule has 0 radical (unpaired) electrons. The second-order valence-electron chi connectivity index (χ2n) is 14.6. The highest BCUT2D eigenvalue weighted by molar-refractivity contribution is 5.71. The molecular weight excluding hydrogens is 697 g/mol. The summed E-state index contributed by atoms with van der Waals surface area (Å²) in [5, 5.41) is 0. The van der Waals surface area contributed by atoms with Gasteiger partial charge in [0.05, 0.1) is 0 Å². The third-order valence-electron chi connectivity index (χ3n) is 9.12. The molecule has 6 heteroatoms. The van der Waals surface area contributed by atoms with Gasteiger partial charge in [0.2, 0.25) is 0 Å². The van der Waals surface area contributed by atoms with Crippen LogP contribution in [0.2, 0.25) is 0 Å². The lowest BCUT2D eigenvalue weighted by molar-refractivity contribution is -0.166. The molecule has 0 aromatic carbocycles. The third-order valence-corrected chi connectivity index (χ3v) is 9.12. The lowest BCUT2D eigenvalue weighted by atomic mass is 10.1. The summed E-state index contributed by atoms with van der Waals surface area (Å²) in [6, 6.07) is 0. The predicted molar refractivity (Wildman–Crippen MR) is 237 cm³/mol. The predicted octanol–water partition coefficient (Wildman–Crippen LogP) is 14.5. The molecule has 1 atom stereocenters. The average Bonchev–Trinajstić information content (AvgIpc) is 3.19. The number of rotatable bonds is 39. The van der Waals surface area contributed by atoms with E-state index in [2.05, 4.69) is 93.7 Å². The first-order valence-electron chi connectivity index (χ1n) is 22.6. The maximum absolute atomic E-state index is 12.7. The number of esters is 3. The quantitative estimate of drug-likeness (QED) is 0.0268. The van der Waals surface area contributed by atoms with Crippen LogP contribution in [0.15, 0.2) is 85.1 Å². The zero-order valence-corrected chi connectivity index (χ0v) is 36.1. The standard InChI is InChI=1S/C50H82O6/c1-4-7-10-13-16-19-21-23-24-25-27-28-31-34-37-40-43-49(52)55-46-47(45-54-48(51)42-39-36-33-30-18-15-12-9-6-3)56-50(53)44-41-38-35-32-29-26-22-20-17-14-11-8-5-2/h7,10,16,19,23-24,26-30,33-34,37,47H,4-6,8-9,11-15,17-18,20-22,25,31-32,35-36,38-46H2,1-3H3/b10-7-,19-16-,24-23-,28-27-,29-26-,33-30-,37-34-. The molecule has 56 heavy (non-hydrogen) atoms. The molecule has 0 aromatic rings. The van der Waals surface area contributed by atoms with Gasteiger partial charge in [-0.15, -0.1) is 0 Å². The molecule has 0 saturated heterocycles. The topological polar surface area (TPSA) is 78.9 Å². The van der Waals surface area contributed by atoms with Gasteiger partial charge in [0.25, 0.3) is 0 Å². The minimum Gasteiger partial charge on any atom is -0.462 e. The highest BCUT2D eigenvalue weighted by Crippen LogP contribution is 2.11. The van der Waals surface area contributed by atoms with Gasteiger partial charge in [-0.1, -0.05) is 164 Å². The van der Waals surface area contributed by atoms with Crippen LogP contribution >= 0.6 is 0 Å². The Balaban J connectivity index is 4.53. The number of carbonyl (C=O) groups excluding carboxylic acids is 3. The average molecular weight is 779 g/mol. The van der Waals surface area contributed by atoms with Crippen molar-refractivity contribution in [1.82, 2.24) is 0 Å². The molecule has 0 amide bonds. The van der Waals surface area contributed by atoms with Crippen molar-refractivity contribution in [3.8, 4) is 0 Å². The van der Waals surface area contributed by atoms with Crippen LogP contribution in [0.4, 0.5) is 0 Å². The first-order chi connectivity index (χ1) is 27.5. The van der Waals surface area contributed by atoms with E-state index < -0.39 is 6.10 Å². The highest BCUT2D eigenvalue weighted by atomic mass is 16.6. The molecule has 0 heterocycles. The lowest BCUT2D eigenvalue weighted by Crippen LogP contribution is -2.30. The molecule has 0 spiro atoms. The second-order valence-corrected chi connectivity index (χ2v) is 14.6. The van der Waals surface area contributed by atoms with E-state index in [0.717, 1.165) is 77.0 Å². The maximum Gasteiger partial charge on any atom is 0.306 e. The largest absolute Gasteiger partial charge is 0.462 e. The summed E-state index contributed by atoms with van der Waals surface area (Å²) >= 11 is 0. The second kappa shape index (κ2) is 44.3. The van der Waals surface area contributed by atoms with E-state index in [1.54, 1.807) is 0 Å². The zero-order valence-electron chi connectivity index (χ0n) is 36.1. The van der Waals surface area contributed by atoms with Crippen LogP contribution in [0.5, 0.6) is 0 Å². The van der Waals surface area contributed by atoms with Gasteiger partial charge in [-0.25, -0.2) is 0 Å². The molecule has 0 fully saturated rings. The molecule has 0 saturated carbocycles. The van der Waals surface area contributed by atoms with Gasteiger partial charge in [-0.3, -0.25) is 14.4 Å². The minimum absolute atomic E-state index is 0.122. The van der Waals surface area contributed by atoms with Crippen LogP contribution in [0.25, 0.3) is 0 Å². The Morgan fingerprint density at radius 3 is 1.27 bits per heavy atom. The van der Waals surface area contributed by atoms with Gasteiger partial charge in [-0.2, -0.15) is 0 Å². The molecule has 0 N–H and O–H groups in total. The van der Waals surface area contributed by atoms with Crippen molar-refractivity contribution in [3.63, 3.8) is 0 Å². The van der Waals surface area contributed by atoms with Gasteiger partial charge in [0, 0.05) is 19.3 Å². The van der Waals surface area contributed by atoms with E-state index in [9.17, 15) is 14.4 Å². The van der Waals surface area contributed by atoms with Crippen molar-refractivity contribution >= 4 is 17.9 Å². The Bertz CT molecular complexity index is 1120.